The lowest BCUT2D eigenvalue weighted by Crippen LogP contribution is -2.16. The zero-order chi connectivity index (χ0) is 13.3. The predicted octanol–water partition coefficient (Wildman–Crippen LogP) is 1.58. The molecular formula is C10H10ClN3O3S. The molecule has 0 bridgehead atoms. The van der Waals surface area contributed by atoms with E-state index in [1.165, 1.54) is 42.2 Å². The summed E-state index contributed by atoms with van der Waals surface area (Å²) in [4.78, 5) is 0. The Morgan fingerprint density at radius 2 is 2.11 bits per heavy atom. The summed E-state index contributed by atoms with van der Waals surface area (Å²) in [5.74, 6) is -0.193. The zero-order valence-electron chi connectivity index (χ0n) is 9.33. The lowest BCUT2D eigenvalue weighted by molar-refractivity contribution is 0.476. The maximum absolute atomic E-state index is 12.0. The Labute approximate surface area is 109 Å². The number of nitrogens with zero attached hydrogens (tertiary/aromatic N) is 2. The first kappa shape index (κ1) is 12.7. The van der Waals surface area contributed by atoms with Gasteiger partial charge in [0.15, 0.2) is 5.03 Å². The topological polar surface area (TPSA) is 84.2 Å². The molecule has 1 heterocycles. The highest BCUT2D eigenvalue weighted by atomic mass is 35.5. The summed E-state index contributed by atoms with van der Waals surface area (Å²) in [6.07, 6.45) is 1.38. The molecule has 0 aliphatic carbocycles. The van der Waals surface area contributed by atoms with E-state index in [1.807, 2.05) is 0 Å². The van der Waals surface area contributed by atoms with Crippen LogP contribution in [0.25, 0.3) is 0 Å². The number of sulfonamides is 1. The predicted molar refractivity (Wildman–Crippen MR) is 67.1 cm³/mol. The minimum absolute atomic E-state index is 0.0249. The second-order valence-corrected chi connectivity index (χ2v) is 5.60. The molecule has 1 aromatic heterocycles. The van der Waals surface area contributed by atoms with Crippen LogP contribution in [0.3, 0.4) is 0 Å². The van der Waals surface area contributed by atoms with Gasteiger partial charge in [0.1, 0.15) is 5.75 Å². The maximum Gasteiger partial charge on any atom is 0.279 e. The normalized spacial score (nSPS) is 11.4. The molecule has 0 fully saturated rings. The third-order valence-corrected chi connectivity index (χ3v) is 4.02. The van der Waals surface area contributed by atoms with Crippen LogP contribution in [-0.2, 0) is 17.1 Å². The molecule has 0 unspecified atom stereocenters. The monoisotopic (exact) mass is 287 g/mol. The Morgan fingerprint density at radius 1 is 1.39 bits per heavy atom. The third kappa shape index (κ3) is 2.41. The molecule has 0 saturated carbocycles. The molecule has 2 N–H and O–H groups in total. The van der Waals surface area contributed by atoms with E-state index in [0.29, 0.717) is 0 Å². The van der Waals surface area contributed by atoms with Gasteiger partial charge < -0.3 is 5.11 Å². The molecule has 0 amide bonds. The molecule has 0 atom stereocenters. The number of halogens is 1. The highest BCUT2D eigenvalue weighted by Gasteiger charge is 2.18. The first-order valence-electron chi connectivity index (χ1n) is 4.89. The van der Waals surface area contributed by atoms with E-state index in [4.69, 9.17) is 11.6 Å². The van der Waals surface area contributed by atoms with Crippen LogP contribution in [0.5, 0.6) is 5.75 Å². The van der Waals surface area contributed by atoms with Crippen LogP contribution < -0.4 is 4.72 Å². The quantitative estimate of drug-likeness (QED) is 0.898. The van der Waals surface area contributed by atoms with Crippen molar-refractivity contribution in [2.45, 2.75) is 5.03 Å². The zero-order valence-corrected chi connectivity index (χ0v) is 10.9. The molecule has 0 radical (unpaired) electrons. The second-order valence-electron chi connectivity index (χ2n) is 3.56. The van der Waals surface area contributed by atoms with Crippen LogP contribution in [0, 0.1) is 0 Å². The van der Waals surface area contributed by atoms with Crippen molar-refractivity contribution in [1.82, 2.24) is 9.78 Å². The van der Waals surface area contributed by atoms with Crippen molar-refractivity contribution < 1.29 is 13.5 Å². The van der Waals surface area contributed by atoms with Gasteiger partial charge in [-0.15, -0.1) is 0 Å². The van der Waals surface area contributed by atoms with Gasteiger partial charge >= 0.3 is 0 Å². The van der Waals surface area contributed by atoms with E-state index in [9.17, 15) is 13.5 Å². The van der Waals surface area contributed by atoms with E-state index in [1.54, 1.807) is 0 Å². The number of phenols is 1. The van der Waals surface area contributed by atoms with Crippen LogP contribution in [0.1, 0.15) is 0 Å². The van der Waals surface area contributed by atoms with Gasteiger partial charge in [-0.2, -0.15) is 13.5 Å². The molecule has 2 aromatic rings. The molecule has 1 aromatic carbocycles. The molecule has 6 nitrogen and oxygen atoms in total. The van der Waals surface area contributed by atoms with Crippen molar-refractivity contribution >= 4 is 27.3 Å². The number of hydrogen-bond acceptors (Lipinski definition) is 4. The third-order valence-electron chi connectivity index (χ3n) is 2.25. The smallest absolute Gasteiger partial charge is 0.279 e. The van der Waals surface area contributed by atoms with Crippen molar-refractivity contribution in [2.75, 3.05) is 4.72 Å². The van der Waals surface area contributed by atoms with E-state index >= 15 is 0 Å². The molecule has 18 heavy (non-hydrogen) atoms. The summed E-state index contributed by atoms with van der Waals surface area (Å²) >= 11 is 5.64. The first-order valence-corrected chi connectivity index (χ1v) is 6.75. The maximum atomic E-state index is 12.0. The number of hydrogen-bond donors (Lipinski definition) is 2. The van der Waals surface area contributed by atoms with Gasteiger partial charge in [-0.1, -0.05) is 11.6 Å². The van der Waals surface area contributed by atoms with Crippen LogP contribution >= 0.6 is 11.6 Å². The molecule has 0 aliphatic heterocycles. The summed E-state index contributed by atoms with van der Waals surface area (Å²) in [6, 6.07) is 5.46. The van der Waals surface area contributed by atoms with E-state index in [0.717, 1.165) is 0 Å². The fourth-order valence-corrected chi connectivity index (χ4v) is 2.70. The Hall–Kier alpha value is -1.73. The highest BCUT2D eigenvalue weighted by molar-refractivity contribution is 7.92. The fourth-order valence-electron chi connectivity index (χ4n) is 1.41. The molecule has 8 heteroatoms. The molecular weight excluding hydrogens is 278 g/mol. The van der Waals surface area contributed by atoms with Crippen LogP contribution in [0.4, 0.5) is 5.69 Å². The standard InChI is InChI=1S/C10H10ClN3O3S/c1-14-10(4-5-12-14)18(16,17)13-7-2-3-8(11)9(15)6-7/h2-6,13,15H,1H3. The van der Waals surface area contributed by atoms with E-state index in [2.05, 4.69) is 9.82 Å². The van der Waals surface area contributed by atoms with E-state index < -0.39 is 10.0 Å². The summed E-state index contributed by atoms with van der Waals surface area (Å²) in [7, 11) is -2.21. The van der Waals surface area contributed by atoms with Gasteiger partial charge in [-0.3, -0.25) is 9.40 Å². The van der Waals surface area contributed by atoms with Crippen LogP contribution in [0.2, 0.25) is 5.02 Å². The average Bonchev–Trinajstić information content (AvgIpc) is 2.70. The molecule has 0 spiro atoms. The summed E-state index contributed by atoms with van der Waals surface area (Å²) in [6.45, 7) is 0. The Balaban J connectivity index is 2.34. The lowest BCUT2D eigenvalue weighted by atomic mass is 10.3. The number of aryl methyl sites for hydroxylation is 1. The minimum Gasteiger partial charge on any atom is -0.506 e. The Kier molecular flexibility index (Phi) is 3.18. The number of anilines is 1. The SMILES string of the molecule is Cn1nccc1S(=O)(=O)Nc1ccc(Cl)c(O)c1. The second kappa shape index (κ2) is 4.51. The van der Waals surface area contributed by atoms with Crippen molar-refractivity contribution in [3.05, 3.63) is 35.5 Å². The van der Waals surface area contributed by atoms with Crippen molar-refractivity contribution in [3.8, 4) is 5.75 Å². The summed E-state index contributed by atoms with van der Waals surface area (Å²) in [5.41, 5.74) is 0.220. The first-order chi connectivity index (χ1) is 8.40. The average molecular weight is 288 g/mol. The Bertz CT molecular complexity index is 681. The minimum atomic E-state index is -3.73. The molecule has 0 saturated heterocycles. The Morgan fingerprint density at radius 3 is 2.67 bits per heavy atom. The number of rotatable bonds is 3. The summed E-state index contributed by atoms with van der Waals surface area (Å²) in [5, 5.41) is 13.4. The van der Waals surface area contributed by atoms with E-state index in [-0.39, 0.29) is 21.5 Å². The highest BCUT2D eigenvalue weighted by Crippen LogP contribution is 2.27. The van der Waals surface area contributed by atoms with Crippen molar-refractivity contribution in [2.24, 2.45) is 7.05 Å². The van der Waals surface area contributed by atoms with Gasteiger partial charge in [0.25, 0.3) is 10.0 Å². The van der Waals surface area contributed by atoms with Crippen molar-refractivity contribution in [1.29, 1.82) is 0 Å². The number of aromatic nitrogens is 2. The molecule has 0 aliphatic rings. The fraction of sp³-hybridized carbons (Fsp3) is 0.100. The number of nitrogens with one attached hydrogen (secondary N) is 1. The largest absolute Gasteiger partial charge is 0.506 e. The number of phenolic OH excluding ortho intramolecular Hbond substituents is 1. The van der Waals surface area contributed by atoms with Gasteiger partial charge in [0.05, 0.1) is 16.9 Å². The van der Waals surface area contributed by atoms with Gasteiger partial charge in [0.2, 0.25) is 0 Å². The van der Waals surface area contributed by atoms with Gasteiger partial charge in [-0.25, -0.2) is 0 Å². The summed E-state index contributed by atoms with van der Waals surface area (Å²) < 4.78 is 27.5. The number of benzene rings is 1. The molecule has 96 valence electrons. The molecule has 2 rings (SSSR count). The van der Waals surface area contributed by atoms with Crippen LogP contribution in [-0.4, -0.2) is 23.3 Å². The van der Waals surface area contributed by atoms with Crippen LogP contribution in [0.15, 0.2) is 35.5 Å². The lowest BCUT2D eigenvalue weighted by Gasteiger charge is -2.08. The van der Waals surface area contributed by atoms with Gasteiger partial charge in [-0.05, 0) is 18.2 Å². The van der Waals surface area contributed by atoms with Crippen molar-refractivity contribution in [3.63, 3.8) is 0 Å². The number of aromatic hydroxyl groups is 1. The van der Waals surface area contributed by atoms with Gasteiger partial charge in [0, 0.05) is 13.1 Å².